The molecular weight excluding hydrogens is 282 g/mol. The van der Waals surface area contributed by atoms with E-state index in [4.69, 9.17) is 9.15 Å². The molecule has 0 bridgehead atoms. The van der Waals surface area contributed by atoms with E-state index in [1.807, 2.05) is 45.0 Å². The summed E-state index contributed by atoms with van der Waals surface area (Å²) < 4.78 is 11.0. The van der Waals surface area contributed by atoms with Crippen LogP contribution < -0.4 is 5.32 Å². The second-order valence-corrected chi connectivity index (χ2v) is 6.54. The number of benzene rings is 1. The average Bonchev–Trinajstić information content (AvgIpc) is 3.02. The van der Waals surface area contributed by atoms with Crippen LogP contribution in [0.1, 0.15) is 27.2 Å². The minimum Gasteiger partial charge on any atom is -0.444 e. The van der Waals surface area contributed by atoms with Crippen molar-refractivity contribution in [2.24, 2.45) is 0 Å². The predicted octanol–water partition coefficient (Wildman–Crippen LogP) is 3.25. The molecule has 0 spiro atoms. The quantitative estimate of drug-likeness (QED) is 0.922. The van der Waals surface area contributed by atoms with Crippen LogP contribution in [-0.4, -0.2) is 40.7 Å². The molecule has 0 radical (unpaired) electrons. The molecule has 1 aromatic carbocycles. The molecule has 1 saturated heterocycles. The lowest BCUT2D eigenvalue weighted by molar-refractivity contribution is 0.0293. The van der Waals surface area contributed by atoms with Crippen molar-refractivity contribution < 1.29 is 13.9 Å². The molecule has 1 aliphatic heterocycles. The van der Waals surface area contributed by atoms with E-state index in [9.17, 15) is 4.79 Å². The Balaban J connectivity index is 1.60. The summed E-state index contributed by atoms with van der Waals surface area (Å²) in [4.78, 5) is 18.1. The predicted molar refractivity (Wildman–Crippen MR) is 83.8 cm³/mol. The number of nitrogens with zero attached hydrogens (tertiary/aromatic N) is 2. The lowest BCUT2D eigenvalue weighted by Gasteiger charge is -2.24. The van der Waals surface area contributed by atoms with Gasteiger partial charge in [-0.1, -0.05) is 12.1 Å². The van der Waals surface area contributed by atoms with Crippen LogP contribution in [0.15, 0.2) is 28.7 Å². The second kappa shape index (κ2) is 5.51. The number of hydrogen-bond donors (Lipinski definition) is 1. The largest absolute Gasteiger partial charge is 0.444 e. The summed E-state index contributed by atoms with van der Waals surface area (Å²) in [5.74, 6) is 0. The maximum atomic E-state index is 12.0. The number of para-hydroxylation sites is 2. The van der Waals surface area contributed by atoms with E-state index in [1.54, 1.807) is 4.90 Å². The summed E-state index contributed by atoms with van der Waals surface area (Å²) in [6.07, 6.45) is 0.576. The van der Waals surface area contributed by atoms with Crippen molar-refractivity contribution in [1.29, 1.82) is 0 Å². The van der Waals surface area contributed by atoms with Gasteiger partial charge in [-0.3, -0.25) is 0 Å². The fraction of sp³-hybridized carbons (Fsp3) is 0.500. The number of amides is 1. The molecule has 1 atom stereocenters. The third-order valence-electron chi connectivity index (χ3n) is 3.46. The lowest BCUT2D eigenvalue weighted by atomic mass is 10.2. The molecule has 6 heteroatoms. The number of carbonyl (C=O) groups is 1. The van der Waals surface area contributed by atoms with E-state index in [-0.39, 0.29) is 12.1 Å². The van der Waals surface area contributed by atoms with E-state index in [0.717, 1.165) is 17.5 Å². The minimum absolute atomic E-state index is 0.126. The topological polar surface area (TPSA) is 67.6 Å². The van der Waals surface area contributed by atoms with Crippen molar-refractivity contribution >= 4 is 23.2 Å². The summed E-state index contributed by atoms with van der Waals surface area (Å²) in [7, 11) is 0. The highest BCUT2D eigenvalue weighted by molar-refractivity contribution is 5.74. The van der Waals surface area contributed by atoms with Crippen molar-refractivity contribution in [3.63, 3.8) is 0 Å². The van der Waals surface area contributed by atoms with Crippen molar-refractivity contribution in [2.75, 3.05) is 18.4 Å². The van der Waals surface area contributed by atoms with Crippen LogP contribution in [0.25, 0.3) is 11.1 Å². The Morgan fingerprint density at radius 1 is 1.41 bits per heavy atom. The summed E-state index contributed by atoms with van der Waals surface area (Å²) in [5, 5.41) is 3.25. The van der Waals surface area contributed by atoms with Crippen LogP contribution in [0.5, 0.6) is 0 Å². The summed E-state index contributed by atoms with van der Waals surface area (Å²) >= 11 is 0. The Morgan fingerprint density at radius 2 is 2.18 bits per heavy atom. The zero-order valence-corrected chi connectivity index (χ0v) is 13.1. The van der Waals surface area contributed by atoms with Gasteiger partial charge in [0.05, 0.1) is 0 Å². The number of anilines is 1. The van der Waals surface area contributed by atoms with Crippen LogP contribution in [0.2, 0.25) is 0 Å². The third kappa shape index (κ3) is 3.32. The van der Waals surface area contributed by atoms with Gasteiger partial charge in [0, 0.05) is 19.1 Å². The molecule has 6 nitrogen and oxygen atoms in total. The highest BCUT2D eigenvalue weighted by atomic mass is 16.6. The average molecular weight is 303 g/mol. The minimum atomic E-state index is -0.469. The van der Waals surface area contributed by atoms with Gasteiger partial charge in [0.2, 0.25) is 0 Å². The number of likely N-dealkylation sites (tertiary alicyclic amines) is 1. The van der Waals surface area contributed by atoms with Crippen molar-refractivity contribution in [1.82, 2.24) is 9.88 Å². The van der Waals surface area contributed by atoms with Gasteiger partial charge in [-0.2, -0.15) is 4.98 Å². The normalized spacial score (nSPS) is 18.7. The standard InChI is InChI=1S/C16H21N3O3/c1-16(2,3)22-15(20)19-9-8-11(10-19)17-14-18-12-6-4-5-7-13(12)21-14/h4-7,11H,8-10H2,1-3H3,(H,17,18). The van der Waals surface area contributed by atoms with Crippen LogP contribution in [0.3, 0.4) is 0 Å². The van der Waals surface area contributed by atoms with Crippen LogP contribution in [0, 0.1) is 0 Å². The monoisotopic (exact) mass is 303 g/mol. The van der Waals surface area contributed by atoms with E-state index in [0.29, 0.717) is 19.1 Å². The number of hydrogen-bond acceptors (Lipinski definition) is 5. The first-order chi connectivity index (χ1) is 10.4. The molecule has 1 amide bonds. The van der Waals surface area contributed by atoms with E-state index >= 15 is 0 Å². The third-order valence-corrected chi connectivity index (χ3v) is 3.46. The van der Waals surface area contributed by atoms with Crippen molar-refractivity contribution in [3.05, 3.63) is 24.3 Å². The highest BCUT2D eigenvalue weighted by Gasteiger charge is 2.30. The first kappa shape index (κ1) is 14.7. The summed E-state index contributed by atoms with van der Waals surface area (Å²) in [5.41, 5.74) is 1.11. The molecule has 0 saturated carbocycles. The Labute approximate surface area is 129 Å². The second-order valence-electron chi connectivity index (χ2n) is 6.54. The zero-order valence-electron chi connectivity index (χ0n) is 13.1. The molecule has 3 rings (SSSR count). The first-order valence-electron chi connectivity index (χ1n) is 7.51. The van der Waals surface area contributed by atoms with Gasteiger partial charge < -0.3 is 19.4 Å². The number of oxazole rings is 1. The molecule has 0 aliphatic carbocycles. The Hall–Kier alpha value is -2.24. The smallest absolute Gasteiger partial charge is 0.410 e. The number of nitrogens with one attached hydrogen (secondary N) is 1. The van der Waals surface area contributed by atoms with Gasteiger partial charge in [0.15, 0.2) is 5.58 Å². The fourth-order valence-corrected chi connectivity index (χ4v) is 2.48. The molecule has 1 N–H and O–H groups in total. The molecule has 1 unspecified atom stereocenters. The SMILES string of the molecule is CC(C)(C)OC(=O)N1CCC(Nc2nc3ccccc3o2)C1. The summed E-state index contributed by atoms with van der Waals surface area (Å²) in [6.45, 7) is 6.87. The van der Waals surface area contributed by atoms with Crippen molar-refractivity contribution in [3.8, 4) is 0 Å². The molecule has 118 valence electrons. The van der Waals surface area contributed by atoms with Gasteiger partial charge in [-0.15, -0.1) is 0 Å². The van der Waals surface area contributed by atoms with Gasteiger partial charge in [0.25, 0.3) is 6.01 Å². The highest BCUT2D eigenvalue weighted by Crippen LogP contribution is 2.22. The Bertz CT molecular complexity index is 642. The number of ether oxygens (including phenoxy) is 1. The lowest BCUT2D eigenvalue weighted by Crippen LogP contribution is -2.36. The van der Waals surface area contributed by atoms with Crippen molar-refractivity contribution in [2.45, 2.75) is 38.8 Å². The number of rotatable bonds is 2. The van der Waals surface area contributed by atoms with Crippen LogP contribution >= 0.6 is 0 Å². The van der Waals surface area contributed by atoms with Gasteiger partial charge in [-0.05, 0) is 39.3 Å². The molecule has 1 aliphatic rings. The fourth-order valence-electron chi connectivity index (χ4n) is 2.48. The molecule has 1 aromatic heterocycles. The number of fused-ring (bicyclic) bond motifs is 1. The maximum Gasteiger partial charge on any atom is 0.410 e. The summed E-state index contributed by atoms with van der Waals surface area (Å²) in [6, 6.07) is 8.25. The van der Waals surface area contributed by atoms with Gasteiger partial charge >= 0.3 is 6.09 Å². The van der Waals surface area contributed by atoms with E-state index in [1.165, 1.54) is 0 Å². The van der Waals surface area contributed by atoms with Gasteiger partial charge in [-0.25, -0.2) is 4.79 Å². The first-order valence-corrected chi connectivity index (χ1v) is 7.51. The van der Waals surface area contributed by atoms with E-state index < -0.39 is 5.60 Å². The maximum absolute atomic E-state index is 12.0. The Kier molecular flexibility index (Phi) is 3.68. The molecule has 1 fully saturated rings. The molecule has 22 heavy (non-hydrogen) atoms. The zero-order chi connectivity index (χ0) is 15.7. The van der Waals surface area contributed by atoms with Crippen LogP contribution in [0.4, 0.5) is 10.8 Å². The molecular formula is C16H21N3O3. The van der Waals surface area contributed by atoms with Gasteiger partial charge in [0.1, 0.15) is 11.1 Å². The number of aromatic nitrogens is 1. The van der Waals surface area contributed by atoms with E-state index in [2.05, 4.69) is 10.3 Å². The van der Waals surface area contributed by atoms with Crippen LogP contribution in [-0.2, 0) is 4.74 Å². The molecule has 2 heterocycles. The number of carbonyl (C=O) groups excluding carboxylic acids is 1. The molecule has 2 aromatic rings. The Morgan fingerprint density at radius 3 is 2.91 bits per heavy atom.